The summed E-state index contributed by atoms with van der Waals surface area (Å²) in [6.07, 6.45) is 3.82. The van der Waals surface area contributed by atoms with Gasteiger partial charge in [0.2, 0.25) is 0 Å². The maximum Gasteiger partial charge on any atom is 0.271 e. The van der Waals surface area contributed by atoms with Gasteiger partial charge in [0.1, 0.15) is 0 Å². The molecule has 0 unspecified atom stereocenters. The molecule has 0 aliphatic carbocycles. The molecule has 0 saturated heterocycles. The summed E-state index contributed by atoms with van der Waals surface area (Å²) < 4.78 is 0. The minimum Gasteiger partial charge on any atom is -0.307 e. The number of anilines is 1. The van der Waals surface area contributed by atoms with Crippen LogP contribution >= 0.6 is 0 Å². The lowest BCUT2D eigenvalue weighted by atomic mass is 10.1. The fourth-order valence-corrected chi connectivity index (χ4v) is 2.34. The van der Waals surface area contributed by atoms with Gasteiger partial charge in [-0.15, -0.1) is 0 Å². The summed E-state index contributed by atoms with van der Waals surface area (Å²) in [5.41, 5.74) is 2.11. The molecule has 20 heavy (non-hydrogen) atoms. The third kappa shape index (κ3) is 2.01. The number of benzene rings is 1. The molecule has 1 aliphatic heterocycles. The van der Waals surface area contributed by atoms with Crippen LogP contribution in [0.3, 0.4) is 0 Å². The molecule has 1 aliphatic rings. The molecule has 0 N–H and O–H groups in total. The molecule has 0 atom stereocenters. The van der Waals surface area contributed by atoms with Crippen molar-refractivity contribution >= 4 is 17.3 Å². The topological polar surface area (TPSA) is 76.3 Å². The molecule has 0 radical (unpaired) electrons. The van der Waals surface area contributed by atoms with Gasteiger partial charge in [0.25, 0.3) is 11.6 Å². The fraction of sp³-hybridized carbons (Fsp3) is 0.143. The number of carbonyl (C=O) groups excluding carboxylic acids is 1. The number of nitro benzene ring substituents is 1. The second-order valence-corrected chi connectivity index (χ2v) is 4.51. The van der Waals surface area contributed by atoms with Gasteiger partial charge >= 0.3 is 0 Å². The van der Waals surface area contributed by atoms with E-state index in [1.807, 2.05) is 0 Å². The lowest BCUT2D eigenvalue weighted by molar-refractivity contribution is -0.384. The SMILES string of the molecule is O=C(c1ccncc1)N1CCc2ccc([N+](=O)[O-])cc21. The van der Waals surface area contributed by atoms with Crippen LogP contribution < -0.4 is 4.90 Å². The van der Waals surface area contributed by atoms with E-state index in [0.29, 0.717) is 24.2 Å². The average molecular weight is 269 g/mol. The Morgan fingerprint density at radius 1 is 1.25 bits per heavy atom. The Kier molecular flexibility index (Phi) is 2.90. The maximum absolute atomic E-state index is 12.4. The van der Waals surface area contributed by atoms with Crippen LogP contribution in [-0.2, 0) is 6.42 Å². The highest BCUT2D eigenvalue weighted by Gasteiger charge is 2.27. The highest BCUT2D eigenvalue weighted by Crippen LogP contribution is 2.32. The molecule has 0 spiro atoms. The molecule has 0 bridgehead atoms. The number of rotatable bonds is 2. The molecule has 1 aromatic heterocycles. The van der Waals surface area contributed by atoms with Crippen molar-refractivity contribution in [3.63, 3.8) is 0 Å². The third-order valence-electron chi connectivity index (χ3n) is 3.35. The second-order valence-electron chi connectivity index (χ2n) is 4.51. The van der Waals surface area contributed by atoms with Crippen LogP contribution in [0, 0.1) is 10.1 Å². The van der Waals surface area contributed by atoms with E-state index in [1.165, 1.54) is 12.1 Å². The van der Waals surface area contributed by atoms with Crippen molar-refractivity contribution in [2.24, 2.45) is 0 Å². The van der Waals surface area contributed by atoms with Crippen molar-refractivity contribution in [2.75, 3.05) is 11.4 Å². The van der Waals surface area contributed by atoms with E-state index in [9.17, 15) is 14.9 Å². The highest BCUT2D eigenvalue weighted by atomic mass is 16.6. The minimum atomic E-state index is -0.451. The van der Waals surface area contributed by atoms with E-state index in [0.717, 1.165) is 5.56 Å². The Bertz CT molecular complexity index is 685. The normalized spacial score (nSPS) is 13.1. The number of amides is 1. The summed E-state index contributed by atoms with van der Waals surface area (Å²) in [5, 5.41) is 10.8. The largest absolute Gasteiger partial charge is 0.307 e. The number of nitrogens with zero attached hydrogens (tertiary/aromatic N) is 3. The van der Waals surface area contributed by atoms with Crippen LogP contribution in [-0.4, -0.2) is 22.4 Å². The molecule has 0 fully saturated rings. The van der Waals surface area contributed by atoms with Gasteiger partial charge in [0.15, 0.2) is 0 Å². The lowest BCUT2D eigenvalue weighted by Crippen LogP contribution is -2.28. The zero-order chi connectivity index (χ0) is 14.1. The number of nitro groups is 1. The zero-order valence-electron chi connectivity index (χ0n) is 10.5. The molecule has 0 saturated carbocycles. The summed E-state index contributed by atoms with van der Waals surface area (Å²) in [6.45, 7) is 0.539. The van der Waals surface area contributed by atoms with Crippen LogP contribution in [0.1, 0.15) is 15.9 Å². The Balaban J connectivity index is 1.98. The van der Waals surface area contributed by atoms with Crippen molar-refractivity contribution in [3.8, 4) is 0 Å². The Morgan fingerprint density at radius 3 is 2.70 bits per heavy atom. The highest BCUT2D eigenvalue weighted by molar-refractivity contribution is 6.07. The van der Waals surface area contributed by atoms with E-state index in [-0.39, 0.29) is 11.6 Å². The van der Waals surface area contributed by atoms with E-state index in [1.54, 1.807) is 35.5 Å². The summed E-state index contributed by atoms with van der Waals surface area (Å²) >= 11 is 0. The number of hydrogen-bond acceptors (Lipinski definition) is 4. The van der Waals surface area contributed by atoms with Crippen LogP contribution in [0.2, 0.25) is 0 Å². The molecule has 2 heterocycles. The van der Waals surface area contributed by atoms with Crippen molar-refractivity contribution < 1.29 is 9.72 Å². The third-order valence-corrected chi connectivity index (χ3v) is 3.35. The fourth-order valence-electron chi connectivity index (χ4n) is 2.34. The van der Waals surface area contributed by atoms with E-state index < -0.39 is 4.92 Å². The van der Waals surface area contributed by atoms with Gasteiger partial charge in [0.05, 0.1) is 10.6 Å². The van der Waals surface area contributed by atoms with Gasteiger partial charge in [-0.3, -0.25) is 19.9 Å². The van der Waals surface area contributed by atoms with Crippen molar-refractivity contribution in [1.82, 2.24) is 4.98 Å². The van der Waals surface area contributed by atoms with Crippen LogP contribution in [0.25, 0.3) is 0 Å². The Hall–Kier alpha value is -2.76. The van der Waals surface area contributed by atoms with Gasteiger partial charge in [-0.25, -0.2) is 0 Å². The van der Waals surface area contributed by atoms with Crippen molar-refractivity contribution in [2.45, 2.75) is 6.42 Å². The van der Waals surface area contributed by atoms with Gasteiger partial charge < -0.3 is 4.90 Å². The molecule has 3 rings (SSSR count). The Labute approximate surface area is 114 Å². The summed E-state index contributed by atoms with van der Waals surface area (Å²) in [5.74, 6) is -0.161. The summed E-state index contributed by atoms with van der Waals surface area (Å²) in [7, 11) is 0. The first kappa shape index (κ1) is 12.3. The second kappa shape index (κ2) is 4.73. The van der Waals surface area contributed by atoms with Crippen LogP contribution in [0.4, 0.5) is 11.4 Å². The number of fused-ring (bicyclic) bond motifs is 1. The number of hydrogen-bond donors (Lipinski definition) is 0. The van der Waals surface area contributed by atoms with Gasteiger partial charge in [0, 0.05) is 36.6 Å². The first-order chi connectivity index (χ1) is 9.66. The molecule has 1 amide bonds. The maximum atomic E-state index is 12.4. The minimum absolute atomic E-state index is 0.00169. The number of carbonyl (C=O) groups is 1. The molecule has 100 valence electrons. The van der Waals surface area contributed by atoms with Crippen molar-refractivity contribution in [1.29, 1.82) is 0 Å². The van der Waals surface area contributed by atoms with Gasteiger partial charge in [-0.2, -0.15) is 0 Å². The van der Waals surface area contributed by atoms with Crippen LogP contribution in [0.15, 0.2) is 42.7 Å². The Morgan fingerprint density at radius 2 is 2.00 bits per heavy atom. The molecule has 1 aromatic carbocycles. The predicted molar refractivity (Wildman–Crippen MR) is 72.7 cm³/mol. The first-order valence-corrected chi connectivity index (χ1v) is 6.16. The van der Waals surface area contributed by atoms with E-state index >= 15 is 0 Å². The number of pyridine rings is 1. The molecule has 2 aromatic rings. The summed E-state index contributed by atoms with van der Waals surface area (Å²) in [4.78, 5) is 28.3. The molecular formula is C14H11N3O3. The molecule has 6 heteroatoms. The monoisotopic (exact) mass is 269 g/mol. The quantitative estimate of drug-likeness (QED) is 0.618. The standard InChI is InChI=1S/C14H11N3O3/c18-14(11-3-6-15-7-4-11)16-8-5-10-1-2-12(17(19)20)9-13(10)16/h1-4,6-7,9H,5,8H2. The van der Waals surface area contributed by atoms with E-state index in [4.69, 9.17) is 0 Å². The van der Waals surface area contributed by atoms with Crippen molar-refractivity contribution in [3.05, 3.63) is 64.0 Å². The number of aromatic nitrogens is 1. The van der Waals surface area contributed by atoms with E-state index in [2.05, 4.69) is 4.98 Å². The number of non-ortho nitro benzene ring substituents is 1. The van der Waals surface area contributed by atoms with Gasteiger partial charge in [-0.1, -0.05) is 6.07 Å². The lowest BCUT2D eigenvalue weighted by Gasteiger charge is -2.17. The first-order valence-electron chi connectivity index (χ1n) is 6.16. The molecular weight excluding hydrogens is 258 g/mol. The smallest absolute Gasteiger partial charge is 0.271 e. The average Bonchev–Trinajstić information content (AvgIpc) is 2.90. The molecule has 6 nitrogen and oxygen atoms in total. The van der Waals surface area contributed by atoms with Gasteiger partial charge in [-0.05, 0) is 24.1 Å². The summed E-state index contributed by atoms with van der Waals surface area (Å²) in [6, 6.07) is 7.92. The predicted octanol–water partition coefficient (Wildman–Crippen LogP) is 2.19. The zero-order valence-corrected chi connectivity index (χ0v) is 10.5. The van der Waals surface area contributed by atoms with Crippen LogP contribution in [0.5, 0.6) is 0 Å².